The van der Waals surface area contributed by atoms with Crippen LogP contribution in [-0.2, 0) is 11.3 Å². The first-order valence-electron chi connectivity index (χ1n) is 5.79. The van der Waals surface area contributed by atoms with Crippen molar-refractivity contribution in [1.82, 2.24) is 9.88 Å². The van der Waals surface area contributed by atoms with E-state index in [1.807, 2.05) is 19.1 Å². The number of nitrogens with zero attached hydrogens (tertiary/aromatic N) is 2. The van der Waals surface area contributed by atoms with Crippen LogP contribution >= 0.6 is 46.0 Å². The molecule has 2 heterocycles. The summed E-state index contributed by atoms with van der Waals surface area (Å²) in [6.45, 7) is 2.48. The number of hydrogen-bond acceptors (Lipinski definition) is 6. The summed E-state index contributed by atoms with van der Waals surface area (Å²) >= 11 is 10.3. The molecule has 0 unspecified atom stereocenters. The van der Waals surface area contributed by atoms with Gasteiger partial charge in [0.15, 0.2) is 5.13 Å². The van der Waals surface area contributed by atoms with Crippen LogP contribution in [0.4, 0.5) is 5.13 Å². The van der Waals surface area contributed by atoms with E-state index in [1.165, 1.54) is 34.4 Å². The Morgan fingerprint density at radius 3 is 2.80 bits per heavy atom. The highest BCUT2D eigenvalue weighted by molar-refractivity contribution is 8.01. The maximum absolute atomic E-state index is 12.1. The summed E-state index contributed by atoms with van der Waals surface area (Å²) in [6.07, 6.45) is 0. The number of anilines is 1. The third-order valence-electron chi connectivity index (χ3n) is 2.54. The molecule has 0 aliphatic rings. The molecule has 0 bridgehead atoms. The minimum atomic E-state index is 0.0749. The number of aryl methyl sites for hydroxylation is 1. The van der Waals surface area contributed by atoms with Crippen molar-refractivity contribution in [3.63, 3.8) is 0 Å². The molecule has 0 saturated heterocycles. The molecule has 0 radical (unpaired) electrons. The van der Waals surface area contributed by atoms with Crippen LogP contribution in [0.3, 0.4) is 0 Å². The minimum absolute atomic E-state index is 0.0749. The van der Waals surface area contributed by atoms with Crippen LogP contribution in [0.5, 0.6) is 0 Å². The zero-order valence-electron chi connectivity index (χ0n) is 11.1. The predicted molar refractivity (Wildman–Crippen MR) is 87.8 cm³/mol. The van der Waals surface area contributed by atoms with Gasteiger partial charge in [-0.1, -0.05) is 22.9 Å². The standard InChI is InChI=1S/C12H14ClN3OS3/c1-7-11(20-12(14)15-7)18-6-10(17)16(2)5-8-3-4-9(13)19-8/h3-4H,5-6H2,1-2H3,(H2,14,15). The van der Waals surface area contributed by atoms with Gasteiger partial charge in [0.05, 0.1) is 26.5 Å². The third kappa shape index (κ3) is 4.12. The van der Waals surface area contributed by atoms with E-state index in [2.05, 4.69) is 4.98 Å². The molecular formula is C12H14ClN3OS3. The number of halogens is 1. The second-order valence-electron chi connectivity index (χ2n) is 4.17. The number of carbonyl (C=O) groups excluding carboxylic acids is 1. The van der Waals surface area contributed by atoms with Gasteiger partial charge in [-0.3, -0.25) is 4.79 Å². The molecule has 2 aromatic heterocycles. The molecule has 0 spiro atoms. The van der Waals surface area contributed by atoms with Gasteiger partial charge in [-0.15, -0.1) is 23.1 Å². The molecule has 108 valence electrons. The quantitative estimate of drug-likeness (QED) is 0.841. The van der Waals surface area contributed by atoms with Crippen molar-refractivity contribution in [2.24, 2.45) is 0 Å². The number of amides is 1. The highest BCUT2D eigenvalue weighted by atomic mass is 35.5. The molecule has 0 saturated carbocycles. The lowest BCUT2D eigenvalue weighted by molar-refractivity contribution is -0.127. The number of carbonyl (C=O) groups is 1. The van der Waals surface area contributed by atoms with Crippen LogP contribution < -0.4 is 5.73 Å². The monoisotopic (exact) mass is 347 g/mol. The molecule has 2 N–H and O–H groups in total. The van der Waals surface area contributed by atoms with Gasteiger partial charge in [0, 0.05) is 11.9 Å². The summed E-state index contributed by atoms with van der Waals surface area (Å²) in [7, 11) is 1.80. The SMILES string of the molecule is Cc1nc(N)sc1SCC(=O)N(C)Cc1ccc(Cl)s1. The average Bonchev–Trinajstić information content (AvgIpc) is 2.92. The molecule has 0 aromatic carbocycles. The Bertz CT molecular complexity index is 611. The van der Waals surface area contributed by atoms with Gasteiger partial charge < -0.3 is 10.6 Å². The second-order valence-corrected chi connectivity index (χ2v) is 8.24. The number of nitrogens with two attached hydrogens (primary N) is 1. The largest absolute Gasteiger partial charge is 0.375 e. The Balaban J connectivity index is 1.86. The molecule has 2 rings (SSSR count). The average molecular weight is 348 g/mol. The summed E-state index contributed by atoms with van der Waals surface area (Å²) in [4.78, 5) is 19.0. The summed E-state index contributed by atoms with van der Waals surface area (Å²) in [5, 5.41) is 0.541. The highest BCUT2D eigenvalue weighted by Crippen LogP contribution is 2.30. The van der Waals surface area contributed by atoms with E-state index in [-0.39, 0.29) is 5.91 Å². The molecule has 8 heteroatoms. The van der Waals surface area contributed by atoms with Crippen molar-refractivity contribution >= 4 is 57.1 Å². The van der Waals surface area contributed by atoms with E-state index in [0.29, 0.717) is 17.4 Å². The smallest absolute Gasteiger partial charge is 0.233 e. The van der Waals surface area contributed by atoms with Crippen LogP contribution in [0.25, 0.3) is 0 Å². The van der Waals surface area contributed by atoms with E-state index in [4.69, 9.17) is 17.3 Å². The Kier molecular flexibility index (Phi) is 5.31. The van der Waals surface area contributed by atoms with Crippen molar-refractivity contribution in [1.29, 1.82) is 0 Å². The van der Waals surface area contributed by atoms with Gasteiger partial charge in [0.25, 0.3) is 0 Å². The lowest BCUT2D eigenvalue weighted by Gasteiger charge is -2.15. The van der Waals surface area contributed by atoms with Crippen molar-refractivity contribution in [3.05, 3.63) is 27.0 Å². The third-order valence-corrected chi connectivity index (χ3v) is 6.09. The number of thiophene rings is 1. The highest BCUT2D eigenvalue weighted by Gasteiger charge is 2.13. The van der Waals surface area contributed by atoms with Crippen molar-refractivity contribution in [2.45, 2.75) is 17.7 Å². The number of thioether (sulfide) groups is 1. The lowest BCUT2D eigenvalue weighted by atomic mass is 10.4. The first kappa shape index (κ1) is 15.6. The molecule has 2 aromatic rings. The number of rotatable bonds is 5. The first-order chi connectivity index (χ1) is 9.45. The zero-order valence-corrected chi connectivity index (χ0v) is 14.3. The van der Waals surface area contributed by atoms with Gasteiger partial charge in [0.2, 0.25) is 5.91 Å². The van der Waals surface area contributed by atoms with Crippen molar-refractivity contribution < 1.29 is 4.79 Å². The first-order valence-corrected chi connectivity index (χ1v) is 8.79. The number of hydrogen-bond donors (Lipinski definition) is 1. The molecule has 0 atom stereocenters. The normalized spacial score (nSPS) is 10.8. The fraction of sp³-hybridized carbons (Fsp3) is 0.333. The Morgan fingerprint density at radius 2 is 2.25 bits per heavy atom. The van der Waals surface area contributed by atoms with Crippen molar-refractivity contribution in [3.8, 4) is 0 Å². The molecular weight excluding hydrogens is 334 g/mol. The fourth-order valence-electron chi connectivity index (χ4n) is 1.53. The van der Waals surface area contributed by atoms with Gasteiger partial charge in [-0.2, -0.15) is 0 Å². The topological polar surface area (TPSA) is 59.2 Å². The molecule has 0 fully saturated rings. The van der Waals surface area contributed by atoms with Gasteiger partial charge in [-0.25, -0.2) is 4.98 Å². The minimum Gasteiger partial charge on any atom is -0.375 e. The summed E-state index contributed by atoms with van der Waals surface area (Å²) < 4.78 is 1.74. The van der Waals surface area contributed by atoms with Gasteiger partial charge in [-0.05, 0) is 19.1 Å². The summed E-state index contributed by atoms with van der Waals surface area (Å²) in [5.41, 5.74) is 6.52. The van der Waals surface area contributed by atoms with Crippen LogP contribution in [0.2, 0.25) is 4.34 Å². The van der Waals surface area contributed by atoms with E-state index in [0.717, 1.165) is 19.1 Å². The van der Waals surface area contributed by atoms with E-state index in [1.54, 1.807) is 11.9 Å². The molecule has 20 heavy (non-hydrogen) atoms. The maximum Gasteiger partial charge on any atom is 0.233 e. The van der Waals surface area contributed by atoms with E-state index in [9.17, 15) is 4.79 Å². The lowest BCUT2D eigenvalue weighted by Crippen LogP contribution is -2.27. The van der Waals surface area contributed by atoms with Crippen molar-refractivity contribution in [2.75, 3.05) is 18.5 Å². The van der Waals surface area contributed by atoms with Crippen LogP contribution in [0.15, 0.2) is 16.3 Å². The number of nitrogen functional groups attached to an aromatic ring is 1. The molecule has 4 nitrogen and oxygen atoms in total. The van der Waals surface area contributed by atoms with E-state index >= 15 is 0 Å². The Hall–Kier alpha value is -0.760. The van der Waals surface area contributed by atoms with Gasteiger partial charge in [0.1, 0.15) is 0 Å². The predicted octanol–water partition coefficient (Wildman–Crippen LogP) is 3.50. The van der Waals surface area contributed by atoms with Crippen LogP contribution in [-0.4, -0.2) is 28.6 Å². The number of thiazole rings is 1. The van der Waals surface area contributed by atoms with E-state index < -0.39 is 0 Å². The Morgan fingerprint density at radius 1 is 1.50 bits per heavy atom. The molecule has 0 aliphatic carbocycles. The number of aromatic nitrogens is 1. The zero-order chi connectivity index (χ0) is 14.7. The van der Waals surface area contributed by atoms with Crippen LogP contribution in [0, 0.1) is 6.92 Å². The molecule has 1 amide bonds. The molecule has 0 aliphatic heterocycles. The van der Waals surface area contributed by atoms with Crippen LogP contribution in [0.1, 0.15) is 10.6 Å². The van der Waals surface area contributed by atoms with Gasteiger partial charge >= 0.3 is 0 Å². The summed E-state index contributed by atoms with van der Waals surface area (Å²) in [6, 6.07) is 3.79. The maximum atomic E-state index is 12.1. The fourth-order valence-corrected chi connectivity index (χ4v) is 4.64. The second kappa shape index (κ2) is 6.80. The Labute approximate surface area is 135 Å². The summed E-state index contributed by atoms with van der Waals surface area (Å²) in [5.74, 6) is 0.462.